The van der Waals surface area contributed by atoms with Crippen molar-refractivity contribution in [2.75, 3.05) is 13.1 Å². The Morgan fingerprint density at radius 3 is 2.42 bits per heavy atom. The minimum Gasteiger partial charge on any atom is -0.293 e. The molecule has 0 bridgehead atoms. The van der Waals surface area contributed by atoms with Gasteiger partial charge in [0.1, 0.15) is 5.82 Å². The molecule has 1 heterocycles. The van der Waals surface area contributed by atoms with Gasteiger partial charge in [0.15, 0.2) is 5.78 Å². The van der Waals surface area contributed by atoms with Crippen molar-refractivity contribution in [3.8, 4) is 0 Å². The van der Waals surface area contributed by atoms with Gasteiger partial charge >= 0.3 is 0 Å². The Morgan fingerprint density at radius 2 is 1.89 bits per heavy atom. The van der Waals surface area contributed by atoms with Gasteiger partial charge in [0.2, 0.25) is 0 Å². The summed E-state index contributed by atoms with van der Waals surface area (Å²) in [6.07, 6.45) is 1.17. The molecule has 1 aliphatic rings. The number of carbonyl (C=O) groups excluding carboxylic acids is 1. The van der Waals surface area contributed by atoms with Crippen LogP contribution in [0.2, 0.25) is 0 Å². The molecule has 2 nitrogen and oxygen atoms in total. The minimum absolute atomic E-state index is 0.0874. The van der Waals surface area contributed by atoms with Gasteiger partial charge in [-0.25, -0.2) is 4.39 Å². The molecule has 0 aromatic heterocycles. The monoisotopic (exact) mass is 263 g/mol. The van der Waals surface area contributed by atoms with Gasteiger partial charge in [0.25, 0.3) is 0 Å². The van der Waals surface area contributed by atoms with E-state index in [4.69, 9.17) is 0 Å². The first-order valence-corrected chi connectivity index (χ1v) is 7.03. The summed E-state index contributed by atoms with van der Waals surface area (Å²) in [7, 11) is 0. The fraction of sp³-hybridized carbons (Fsp3) is 0.562. The van der Waals surface area contributed by atoms with Crippen LogP contribution in [0, 0.1) is 17.7 Å². The van der Waals surface area contributed by atoms with E-state index in [-0.39, 0.29) is 17.6 Å². The van der Waals surface area contributed by atoms with E-state index in [1.54, 1.807) is 12.1 Å². The van der Waals surface area contributed by atoms with Crippen LogP contribution in [0.15, 0.2) is 24.3 Å². The van der Waals surface area contributed by atoms with Gasteiger partial charge in [-0.1, -0.05) is 13.8 Å². The normalized spacial score (nSPS) is 21.8. The van der Waals surface area contributed by atoms with Crippen LogP contribution >= 0.6 is 0 Å². The van der Waals surface area contributed by atoms with Crippen LogP contribution in [0.5, 0.6) is 0 Å². The van der Waals surface area contributed by atoms with Crippen LogP contribution in [-0.4, -0.2) is 29.8 Å². The number of nitrogens with zero attached hydrogens (tertiary/aromatic N) is 1. The third kappa shape index (κ3) is 3.21. The van der Waals surface area contributed by atoms with Crippen LogP contribution in [-0.2, 0) is 0 Å². The first kappa shape index (κ1) is 14.2. The van der Waals surface area contributed by atoms with Crippen LogP contribution in [0.4, 0.5) is 4.39 Å². The molecule has 2 unspecified atom stereocenters. The Bertz CT molecular complexity index is 441. The molecule has 2 atom stereocenters. The van der Waals surface area contributed by atoms with Crippen LogP contribution < -0.4 is 0 Å². The van der Waals surface area contributed by atoms with Crippen LogP contribution in [0.3, 0.4) is 0 Å². The first-order valence-electron chi connectivity index (χ1n) is 7.03. The number of Topliss-reactive ketones (excluding diaryl/α,β-unsaturated/α-hetero) is 1. The van der Waals surface area contributed by atoms with Gasteiger partial charge in [0.05, 0.1) is 6.04 Å². The van der Waals surface area contributed by atoms with Crippen molar-refractivity contribution in [1.29, 1.82) is 0 Å². The molecule has 1 aromatic rings. The number of rotatable bonds is 4. The average molecular weight is 263 g/mol. The number of hydrogen-bond acceptors (Lipinski definition) is 2. The zero-order chi connectivity index (χ0) is 14.0. The Kier molecular flexibility index (Phi) is 4.35. The van der Waals surface area contributed by atoms with Gasteiger partial charge < -0.3 is 0 Å². The molecule has 0 saturated carbocycles. The standard InChI is InChI=1S/C16H22FNO/c1-11(2)14-8-9-18(10-14)12(3)16(19)13-4-6-15(17)7-5-13/h4-7,11-12,14H,8-10H2,1-3H3. The highest BCUT2D eigenvalue weighted by molar-refractivity contribution is 5.99. The number of benzene rings is 1. The van der Waals surface area contributed by atoms with Gasteiger partial charge in [-0.05, 0) is 56.0 Å². The lowest BCUT2D eigenvalue weighted by atomic mass is 9.95. The van der Waals surface area contributed by atoms with Crippen LogP contribution in [0.25, 0.3) is 0 Å². The van der Waals surface area contributed by atoms with Crippen molar-refractivity contribution < 1.29 is 9.18 Å². The maximum Gasteiger partial charge on any atom is 0.179 e. The van der Waals surface area contributed by atoms with E-state index < -0.39 is 0 Å². The van der Waals surface area contributed by atoms with E-state index in [0.717, 1.165) is 13.1 Å². The summed E-state index contributed by atoms with van der Waals surface area (Å²) < 4.78 is 12.9. The number of likely N-dealkylation sites (tertiary alicyclic amines) is 1. The van der Waals surface area contributed by atoms with E-state index in [2.05, 4.69) is 18.7 Å². The number of ketones is 1. The molecule has 1 aromatic carbocycles. The molecular weight excluding hydrogens is 241 g/mol. The number of hydrogen-bond donors (Lipinski definition) is 0. The Balaban J connectivity index is 2.02. The van der Waals surface area contributed by atoms with Gasteiger partial charge in [-0.15, -0.1) is 0 Å². The van der Waals surface area contributed by atoms with E-state index in [1.165, 1.54) is 18.6 Å². The highest BCUT2D eigenvalue weighted by atomic mass is 19.1. The predicted molar refractivity (Wildman–Crippen MR) is 74.7 cm³/mol. The molecule has 0 aliphatic carbocycles. The third-order valence-electron chi connectivity index (χ3n) is 4.25. The molecule has 19 heavy (non-hydrogen) atoms. The lowest BCUT2D eigenvalue weighted by Gasteiger charge is -2.24. The van der Waals surface area contributed by atoms with Gasteiger partial charge in [0, 0.05) is 12.1 Å². The lowest BCUT2D eigenvalue weighted by Crippen LogP contribution is -2.37. The second-order valence-electron chi connectivity index (χ2n) is 5.83. The maximum absolute atomic E-state index is 12.9. The predicted octanol–water partition coefficient (Wildman–Crippen LogP) is 3.37. The van der Waals surface area contributed by atoms with E-state index >= 15 is 0 Å². The summed E-state index contributed by atoms with van der Waals surface area (Å²) in [5, 5.41) is 0. The highest BCUT2D eigenvalue weighted by Gasteiger charge is 2.31. The smallest absolute Gasteiger partial charge is 0.179 e. The molecule has 0 N–H and O–H groups in total. The molecule has 0 spiro atoms. The number of halogens is 1. The van der Waals surface area contributed by atoms with Crippen molar-refractivity contribution in [1.82, 2.24) is 4.90 Å². The fourth-order valence-electron chi connectivity index (χ4n) is 2.73. The van der Waals surface area contributed by atoms with Crippen molar-refractivity contribution in [3.63, 3.8) is 0 Å². The van der Waals surface area contributed by atoms with Crippen molar-refractivity contribution >= 4 is 5.78 Å². The Hall–Kier alpha value is -1.22. The molecule has 0 amide bonds. The summed E-state index contributed by atoms with van der Waals surface area (Å²) in [6, 6.07) is 5.73. The maximum atomic E-state index is 12.9. The second-order valence-corrected chi connectivity index (χ2v) is 5.83. The molecule has 0 radical (unpaired) electrons. The van der Waals surface area contributed by atoms with Crippen molar-refractivity contribution in [3.05, 3.63) is 35.6 Å². The Morgan fingerprint density at radius 1 is 1.26 bits per heavy atom. The molecule has 104 valence electrons. The summed E-state index contributed by atoms with van der Waals surface area (Å²) >= 11 is 0. The topological polar surface area (TPSA) is 20.3 Å². The zero-order valence-corrected chi connectivity index (χ0v) is 11.9. The SMILES string of the molecule is CC(C)C1CCN(C(C)C(=O)c2ccc(F)cc2)C1. The molecule has 1 fully saturated rings. The summed E-state index contributed by atoms with van der Waals surface area (Å²) in [6.45, 7) is 8.40. The largest absolute Gasteiger partial charge is 0.293 e. The van der Waals surface area contributed by atoms with E-state index in [9.17, 15) is 9.18 Å². The van der Waals surface area contributed by atoms with Gasteiger partial charge in [-0.2, -0.15) is 0 Å². The number of carbonyl (C=O) groups is 1. The average Bonchev–Trinajstić information content (AvgIpc) is 2.87. The second kappa shape index (κ2) is 5.83. The molecule has 1 saturated heterocycles. The Labute approximate surface area is 114 Å². The lowest BCUT2D eigenvalue weighted by molar-refractivity contribution is 0.0860. The third-order valence-corrected chi connectivity index (χ3v) is 4.25. The van der Waals surface area contributed by atoms with Crippen LogP contribution in [0.1, 0.15) is 37.6 Å². The van der Waals surface area contributed by atoms with E-state index in [1.807, 2.05) is 6.92 Å². The zero-order valence-electron chi connectivity index (χ0n) is 11.9. The van der Waals surface area contributed by atoms with Crippen molar-refractivity contribution in [2.24, 2.45) is 11.8 Å². The molecule has 2 rings (SSSR count). The van der Waals surface area contributed by atoms with Crippen molar-refractivity contribution in [2.45, 2.75) is 33.2 Å². The fourth-order valence-corrected chi connectivity index (χ4v) is 2.73. The van der Waals surface area contributed by atoms with E-state index in [0.29, 0.717) is 17.4 Å². The minimum atomic E-state index is -0.301. The molecule has 1 aliphatic heterocycles. The molecule has 3 heteroatoms. The van der Waals surface area contributed by atoms with Gasteiger partial charge in [-0.3, -0.25) is 9.69 Å². The molecular formula is C16H22FNO. The summed E-state index contributed by atoms with van der Waals surface area (Å²) in [4.78, 5) is 14.6. The summed E-state index contributed by atoms with van der Waals surface area (Å²) in [5.41, 5.74) is 0.599. The first-order chi connectivity index (χ1) is 8.99. The quantitative estimate of drug-likeness (QED) is 0.776. The summed E-state index contributed by atoms with van der Waals surface area (Å²) in [5.74, 6) is 1.14. The highest BCUT2D eigenvalue weighted by Crippen LogP contribution is 2.26.